The largest absolute Gasteiger partial charge is 0.491 e. The third-order valence-corrected chi connectivity index (χ3v) is 8.04. The molecule has 158 valence electrons. The van der Waals surface area contributed by atoms with Crippen LogP contribution in [0.15, 0.2) is 93.5 Å². The van der Waals surface area contributed by atoms with Gasteiger partial charge in [0.25, 0.3) is 0 Å². The number of carbonyl (C=O) groups is 1. The van der Waals surface area contributed by atoms with Gasteiger partial charge in [-0.15, -0.1) is 0 Å². The quantitative estimate of drug-likeness (QED) is 0.415. The number of rotatable bonds is 6. The summed E-state index contributed by atoms with van der Waals surface area (Å²) >= 11 is 0. The second kappa shape index (κ2) is 8.96. The van der Waals surface area contributed by atoms with Crippen LogP contribution in [0.4, 0.5) is 13.2 Å². The maximum absolute atomic E-state index is 13.3. The second-order valence-corrected chi connectivity index (χ2v) is 9.43. The number of aryl methyl sites for hydroxylation is 2. The minimum absolute atomic E-state index is 0.524. The summed E-state index contributed by atoms with van der Waals surface area (Å²) in [5, 5.41) is 0. The SMILES string of the molecule is CCc1ccc(S(OC(=O)C(F)(F)F)(c2ccccc2)c2ccc(CC)cc2)cc1. The summed E-state index contributed by atoms with van der Waals surface area (Å²) in [4.78, 5) is 13.7. The van der Waals surface area contributed by atoms with Crippen molar-refractivity contribution in [1.82, 2.24) is 0 Å². The fraction of sp³-hybridized carbons (Fsp3) is 0.208. The van der Waals surface area contributed by atoms with Crippen molar-refractivity contribution < 1.29 is 22.1 Å². The molecule has 2 nitrogen and oxygen atoms in total. The molecule has 0 N–H and O–H groups in total. The molecule has 0 saturated heterocycles. The highest BCUT2D eigenvalue weighted by atomic mass is 32.3. The zero-order valence-electron chi connectivity index (χ0n) is 16.8. The van der Waals surface area contributed by atoms with E-state index in [1.165, 1.54) is 0 Å². The van der Waals surface area contributed by atoms with Crippen molar-refractivity contribution in [2.75, 3.05) is 0 Å². The third-order valence-electron chi connectivity index (χ3n) is 4.83. The average Bonchev–Trinajstić information content (AvgIpc) is 2.77. The Morgan fingerprint density at radius 1 is 0.733 bits per heavy atom. The lowest BCUT2D eigenvalue weighted by Gasteiger charge is -2.40. The highest BCUT2D eigenvalue weighted by Gasteiger charge is 2.47. The van der Waals surface area contributed by atoms with Gasteiger partial charge in [0, 0.05) is 14.7 Å². The first-order valence-corrected chi connectivity index (χ1v) is 11.2. The van der Waals surface area contributed by atoms with Gasteiger partial charge < -0.3 is 4.18 Å². The van der Waals surface area contributed by atoms with Crippen LogP contribution in [0.1, 0.15) is 25.0 Å². The molecule has 0 aliphatic carbocycles. The van der Waals surface area contributed by atoms with E-state index >= 15 is 0 Å². The van der Waals surface area contributed by atoms with Crippen molar-refractivity contribution in [1.29, 1.82) is 0 Å². The summed E-state index contributed by atoms with van der Waals surface area (Å²) in [6.45, 7) is 4.00. The summed E-state index contributed by atoms with van der Waals surface area (Å²) in [6, 6.07) is 23.2. The molecule has 0 unspecified atom stereocenters. The van der Waals surface area contributed by atoms with Crippen LogP contribution >= 0.6 is 10.3 Å². The smallest absolute Gasteiger partial charge is 0.395 e. The van der Waals surface area contributed by atoms with Crippen LogP contribution in [0.2, 0.25) is 0 Å². The fourth-order valence-electron chi connectivity index (χ4n) is 3.16. The van der Waals surface area contributed by atoms with Crippen LogP contribution < -0.4 is 0 Å². The van der Waals surface area contributed by atoms with E-state index < -0.39 is 22.5 Å². The Morgan fingerprint density at radius 2 is 1.13 bits per heavy atom. The number of benzene rings is 3. The van der Waals surface area contributed by atoms with Crippen LogP contribution in [-0.2, 0) is 21.8 Å². The molecule has 0 heterocycles. The molecule has 0 bridgehead atoms. The van der Waals surface area contributed by atoms with Gasteiger partial charge in [-0.05, 0) is 70.7 Å². The van der Waals surface area contributed by atoms with E-state index in [0.717, 1.165) is 24.0 Å². The number of hydrogen-bond acceptors (Lipinski definition) is 2. The van der Waals surface area contributed by atoms with Gasteiger partial charge in [-0.25, -0.2) is 4.79 Å². The number of hydrogen-bond donors (Lipinski definition) is 0. The molecule has 0 radical (unpaired) electrons. The lowest BCUT2D eigenvalue weighted by molar-refractivity contribution is -0.188. The van der Waals surface area contributed by atoms with Crippen molar-refractivity contribution in [3.05, 3.63) is 90.0 Å². The summed E-state index contributed by atoms with van der Waals surface area (Å²) in [6.07, 6.45) is -3.51. The number of alkyl halides is 3. The van der Waals surface area contributed by atoms with E-state index in [0.29, 0.717) is 14.7 Å². The topological polar surface area (TPSA) is 26.3 Å². The Morgan fingerprint density at radius 3 is 1.50 bits per heavy atom. The van der Waals surface area contributed by atoms with E-state index in [1.54, 1.807) is 54.6 Å². The number of halogens is 3. The molecule has 0 spiro atoms. The standard InChI is InChI=1S/C24H23F3O2S/c1-3-18-10-14-21(15-11-18)30(20-8-6-5-7-9-20,29-23(28)24(25,26)27)22-16-12-19(4-2)13-17-22/h5-17H,3-4H2,1-2H3. The van der Waals surface area contributed by atoms with E-state index in [9.17, 15) is 18.0 Å². The van der Waals surface area contributed by atoms with Crippen molar-refractivity contribution >= 4 is 16.3 Å². The second-order valence-electron chi connectivity index (χ2n) is 6.73. The monoisotopic (exact) mass is 432 g/mol. The van der Waals surface area contributed by atoms with Crippen molar-refractivity contribution in [2.45, 2.75) is 47.6 Å². The molecular weight excluding hydrogens is 409 g/mol. The van der Waals surface area contributed by atoms with Gasteiger partial charge in [-0.2, -0.15) is 13.2 Å². The molecule has 0 aliphatic heterocycles. The van der Waals surface area contributed by atoms with Gasteiger partial charge in [0.15, 0.2) is 0 Å². The molecule has 3 aromatic rings. The van der Waals surface area contributed by atoms with Crippen LogP contribution in [0.25, 0.3) is 0 Å². The molecule has 0 aliphatic rings. The molecule has 0 saturated carbocycles. The lowest BCUT2D eigenvalue weighted by Crippen LogP contribution is -2.27. The predicted octanol–water partition coefficient (Wildman–Crippen LogP) is 7.11. The molecule has 3 aromatic carbocycles. The Bertz CT molecular complexity index is 934. The van der Waals surface area contributed by atoms with Crippen LogP contribution in [0, 0.1) is 0 Å². The van der Waals surface area contributed by atoms with E-state index in [1.807, 2.05) is 38.1 Å². The first-order chi connectivity index (χ1) is 14.3. The Kier molecular flexibility index (Phi) is 6.56. The molecular formula is C24H23F3O2S. The van der Waals surface area contributed by atoms with Gasteiger partial charge in [0.05, 0.1) is 0 Å². The minimum Gasteiger partial charge on any atom is -0.395 e. The fourth-order valence-corrected chi connectivity index (χ4v) is 6.16. The summed E-state index contributed by atoms with van der Waals surface area (Å²) < 4.78 is 45.3. The molecule has 0 aromatic heterocycles. The average molecular weight is 433 g/mol. The molecule has 0 atom stereocenters. The van der Waals surface area contributed by atoms with E-state index in [2.05, 4.69) is 0 Å². The molecule has 0 fully saturated rings. The summed E-state index contributed by atoms with van der Waals surface area (Å²) in [7, 11) is -2.93. The lowest BCUT2D eigenvalue weighted by atomic mass is 10.2. The van der Waals surface area contributed by atoms with Gasteiger partial charge >= 0.3 is 12.1 Å². The van der Waals surface area contributed by atoms with E-state index in [-0.39, 0.29) is 0 Å². The van der Waals surface area contributed by atoms with Gasteiger partial charge in [-0.3, -0.25) is 0 Å². The van der Waals surface area contributed by atoms with Crippen molar-refractivity contribution in [3.8, 4) is 0 Å². The van der Waals surface area contributed by atoms with Crippen molar-refractivity contribution in [3.63, 3.8) is 0 Å². The van der Waals surface area contributed by atoms with Gasteiger partial charge in [0.1, 0.15) is 0 Å². The predicted molar refractivity (Wildman–Crippen MR) is 113 cm³/mol. The minimum atomic E-state index is -5.10. The molecule has 30 heavy (non-hydrogen) atoms. The zero-order valence-corrected chi connectivity index (χ0v) is 17.6. The first kappa shape index (κ1) is 22.0. The maximum atomic E-state index is 13.3. The van der Waals surface area contributed by atoms with Crippen LogP contribution in [0.3, 0.4) is 0 Å². The van der Waals surface area contributed by atoms with Crippen LogP contribution in [-0.4, -0.2) is 12.1 Å². The summed E-state index contributed by atoms with van der Waals surface area (Å²) in [5.41, 5.74) is 2.09. The van der Waals surface area contributed by atoms with E-state index in [4.69, 9.17) is 4.18 Å². The summed E-state index contributed by atoms with van der Waals surface area (Å²) in [5.74, 6) is -2.19. The van der Waals surface area contributed by atoms with Gasteiger partial charge in [-0.1, -0.05) is 56.3 Å². The van der Waals surface area contributed by atoms with Crippen molar-refractivity contribution in [2.24, 2.45) is 0 Å². The zero-order chi connectivity index (χ0) is 21.8. The highest BCUT2D eigenvalue weighted by molar-refractivity contribution is 8.30. The molecule has 0 amide bonds. The first-order valence-electron chi connectivity index (χ1n) is 9.68. The third kappa shape index (κ3) is 4.38. The molecule has 6 heteroatoms. The Balaban J connectivity index is 2.30. The maximum Gasteiger partial charge on any atom is 0.491 e. The Labute approximate surface area is 176 Å². The molecule has 3 rings (SSSR count). The highest BCUT2D eigenvalue weighted by Crippen LogP contribution is 2.69. The number of carbonyl (C=O) groups excluding carboxylic acids is 1. The van der Waals surface area contributed by atoms with Crippen LogP contribution in [0.5, 0.6) is 0 Å². The van der Waals surface area contributed by atoms with Gasteiger partial charge in [0.2, 0.25) is 0 Å². The normalized spacial score (nSPS) is 12.4. The Hall–Kier alpha value is -2.73.